The van der Waals surface area contributed by atoms with Gasteiger partial charge in [-0.3, -0.25) is 4.79 Å². The highest BCUT2D eigenvalue weighted by Gasteiger charge is 2.23. The van der Waals surface area contributed by atoms with Crippen LogP contribution in [0.2, 0.25) is 0 Å². The molecule has 0 aliphatic carbocycles. The van der Waals surface area contributed by atoms with E-state index in [1.165, 1.54) is 16.6 Å². The number of oxazole rings is 1. The van der Waals surface area contributed by atoms with Crippen molar-refractivity contribution in [3.63, 3.8) is 0 Å². The molecule has 0 N–H and O–H groups in total. The normalized spacial score (nSPS) is 18.4. The van der Waals surface area contributed by atoms with Crippen LogP contribution in [0.25, 0.3) is 11.1 Å². The Hall–Kier alpha value is -1.44. The second-order valence-corrected chi connectivity index (χ2v) is 9.00. The van der Waals surface area contributed by atoms with Crippen LogP contribution in [-0.2, 0) is 4.79 Å². The molecule has 1 saturated heterocycles. The van der Waals surface area contributed by atoms with Gasteiger partial charge in [0.1, 0.15) is 5.52 Å². The van der Waals surface area contributed by atoms with Crippen LogP contribution in [0.4, 0.5) is 0 Å². The molecular weight excluding hydrogens is 372 g/mol. The predicted octanol–water partition coefficient (Wildman–Crippen LogP) is 4.69. The smallest absolute Gasteiger partial charge is 0.257 e. The quantitative estimate of drug-likeness (QED) is 0.605. The Morgan fingerprint density at radius 2 is 2.20 bits per heavy atom. The number of aromatic nitrogens is 1. The number of carbonyl (C=O) groups is 1. The maximum absolute atomic E-state index is 12.6. The standard InChI is InChI=1S/C18H18N2O2S3/c21-17(12-25-18-19-13-4-1-2-5-14(13)22-18)20-8-7-16(24-11-9-20)15-6-3-10-23-15/h1-6,10,16H,7-9,11-12H2/t16-/m0/s1. The van der Waals surface area contributed by atoms with E-state index < -0.39 is 0 Å². The van der Waals surface area contributed by atoms with Gasteiger partial charge in [-0.15, -0.1) is 11.3 Å². The molecule has 1 amide bonds. The molecule has 4 nitrogen and oxygen atoms in total. The summed E-state index contributed by atoms with van der Waals surface area (Å²) in [6.45, 7) is 1.64. The number of thiophene rings is 1. The van der Waals surface area contributed by atoms with Crippen molar-refractivity contribution in [3.05, 3.63) is 46.7 Å². The lowest BCUT2D eigenvalue weighted by Crippen LogP contribution is -2.34. The molecule has 0 radical (unpaired) electrons. The Labute approximate surface area is 159 Å². The van der Waals surface area contributed by atoms with Gasteiger partial charge in [0.2, 0.25) is 5.91 Å². The van der Waals surface area contributed by atoms with Crippen molar-refractivity contribution >= 4 is 51.9 Å². The van der Waals surface area contributed by atoms with Gasteiger partial charge in [-0.1, -0.05) is 30.0 Å². The fourth-order valence-corrected chi connectivity index (χ4v) is 5.83. The van der Waals surface area contributed by atoms with E-state index in [2.05, 4.69) is 22.5 Å². The highest BCUT2D eigenvalue weighted by atomic mass is 32.2. The zero-order chi connectivity index (χ0) is 17.1. The number of rotatable bonds is 4. The third-order valence-corrected chi connectivity index (χ3v) is 7.41. The molecule has 2 aromatic heterocycles. The lowest BCUT2D eigenvalue weighted by Gasteiger charge is -2.19. The highest BCUT2D eigenvalue weighted by Crippen LogP contribution is 2.36. The van der Waals surface area contributed by atoms with Crippen molar-refractivity contribution in [2.24, 2.45) is 0 Å². The van der Waals surface area contributed by atoms with E-state index >= 15 is 0 Å². The van der Waals surface area contributed by atoms with Crippen LogP contribution in [0.5, 0.6) is 0 Å². The van der Waals surface area contributed by atoms with Crippen LogP contribution in [0.15, 0.2) is 51.4 Å². The minimum atomic E-state index is 0.166. The molecule has 0 bridgehead atoms. The molecule has 130 valence electrons. The van der Waals surface area contributed by atoms with Crippen molar-refractivity contribution < 1.29 is 9.21 Å². The Balaban J connectivity index is 1.33. The van der Waals surface area contributed by atoms with Gasteiger partial charge in [0.25, 0.3) is 5.22 Å². The number of thioether (sulfide) groups is 2. The van der Waals surface area contributed by atoms with Crippen molar-refractivity contribution in [2.45, 2.75) is 16.9 Å². The topological polar surface area (TPSA) is 46.3 Å². The maximum atomic E-state index is 12.6. The summed E-state index contributed by atoms with van der Waals surface area (Å²) in [6.07, 6.45) is 1.02. The molecule has 25 heavy (non-hydrogen) atoms. The molecule has 1 aliphatic heterocycles. The lowest BCUT2D eigenvalue weighted by atomic mass is 10.2. The van der Waals surface area contributed by atoms with E-state index in [9.17, 15) is 4.79 Å². The van der Waals surface area contributed by atoms with Crippen LogP contribution in [0.3, 0.4) is 0 Å². The van der Waals surface area contributed by atoms with Gasteiger partial charge < -0.3 is 9.32 Å². The summed E-state index contributed by atoms with van der Waals surface area (Å²) in [7, 11) is 0. The molecule has 7 heteroatoms. The summed E-state index contributed by atoms with van der Waals surface area (Å²) in [4.78, 5) is 20.4. The number of hydrogen-bond acceptors (Lipinski definition) is 6. The summed E-state index contributed by atoms with van der Waals surface area (Å²) in [6, 6.07) is 12.0. The zero-order valence-electron chi connectivity index (χ0n) is 13.6. The van der Waals surface area contributed by atoms with Crippen LogP contribution < -0.4 is 0 Å². The predicted molar refractivity (Wildman–Crippen MR) is 105 cm³/mol. The van der Waals surface area contributed by atoms with Crippen LogP contribution in [0.1, 0.15) is 16.5 Å². The first-order chi connectivity index (χ1) is 12.3. The first-order valence-electron chi connectivity index (χ1n) is 8.21. The molecule has 1 aliphatic rings. The Bertz CT molecular complexity index is 814. The Morgan fingerprint density at radius 1 is 1.28 bits per heavy atom. The summed E-state index contributed by atoms with van der Waals surface area (Å²) in [5.41, 5.74) is 1.60. The number of nitrogens with zero attached hydrogens (tertiary/aromatic N) is 2. The van der Waals surface area contributed by atoms with E-state index in [0.717, 1.165) is 36.4 Å². The SMILES string of the molecule is O=C(CSc1nc2ccccc2o1)N1CCS[C@H](c2cccs2)CC1. The fourth-order valence-electron chi connectivity index (χ4n) is 2.85. The number of fused-ring (bicyclic) bond motifs is 1. The molecule has 1 atom stereocenters. The Morgan fingerprint density at radius 3 is 3.04 bits per heavy atom. The van der Waals surface area contributed by atoms with Crippen molar-refractivity contribution in [3.8, 4) is 0 Å². The van der Waals surface area contributed by atoms with Crippen LogP contribution >= 0.6 is 34.9 Å². The Kier molecular flexibility index (Phi) is 5.33. The van der Waals surface area contributed by atoms with E-state index in [1.807, 2.05) is 52.3 Å². The van der Waals surface area contributed by atoms with Gasteiger partial charge >= 0.3 is 0 Å². The highest BCUT2D eigenvalue weighted by molar-refractivity contribution is 8.00. The van der Waals surface area contributed by atoms with E-state index in [1.54, 1.807) is 0 Å². The van der Waals surface area contributed by atoms with Crippen molar-refractivity contribution in [1.82, 2.24) is 9.88 Å². The second kappa shape index (κ2) is 7.85. The monoisotopic (exact) mass is 390 g/mol. The molecule has 0 saturated carbocycles. The van der Waals surface area contributed by atoms with E-state index in [0.29, 0.717) is 16.2 Å². The molecule has 0 unspecified atom stereocenters. The zero-order valence-corrected chi connectivity index (χ0v) is 16.0. The van der Waals surface area contributed by atoms with Crippen molar-refractivity contribution in [1.29, 1.82) is 0 Å². The molecule has 3 aromatic rings. The van der Waals surface area contributed by atoms with E-state index in [-0.39, 0.29) is 5.91 Å². The molecule has 1 fully saturated rings. The molecule has 3 heterocycles. The van der Waals surface area contributed by atoms with Gasteiger partial charge in [0.05, 0.1) is 5.75 Å². The number of amides is 1. The first-order valence-corrected chi connectivity index (χ1v) is 11.1. The van der Waals surface area contributed by atoms with Gasteiger partial charge in [-0.2, -0.15) is 11.8 Å². The number of hydrogen-bond donors (Lipinski definition) is 0. The van der Waals surface area contributed by atoms with Crippen molar-refractivity contribution in [2.75, 3.05) is 24.6 Å². The minimum absolute atomic E-state index is 0.166. The van der Waals surface area contributed by atoms with E-state index in [4.69, 9.17) is 4.42 Å². The summed E-state index contributed by atoms with van der Waals surface area (Å²) < 4.78 is 5.67. The molecule has 1 aromatic carbocycles. The summed E-state index contributed by atoms with van der Waals surface area (Å²) >= 11 is 5.15. The minimum Gasteiger partial charge on any atom is -0.431 e. The van der Waals surface area contributed by atoms with Crippen LogP contribution in [0, 0.1) is 0 Å². The third kappa shape index (κ3) is 4.04. The molecule has 0 spiro atoms. The number of para-hydroxylation sites is 2. The fraction of sp³-hybridized carbons (Fsp3) is 0.333. The number of carbonyl (C=O) groups excluding carboxylic acids is 1. The lowest BCUT2D eigenvalue weighted by molar-refractivity contribution is -0.128. The van der Waals surface area contributed by atoms with Gasteiger partial charge in [0.15, 0.2) is 5.58 Å². The van der Waals surface area contributed by atoms with Gasteiger partial charge in [-0.25, -0.2) is 4.98 Å². The number of benzene rings is 1. The van der Waals surface area contributed by atoms with Gasteiger partial charge in [-0.05, 0) is 30.0 Å². The average Bonchev–Trinajstić information content (AvgIpc) is 3.24. The molecular formula is C18H18N2O2S3. The first kappa shape index (κ1) is 17.0. The summed E-state index contributed by atoms with van der Waals surface area (Å²) in [5.74, 6) is 1.53. The summed E-state index contributed by atoms with van der Waals surface area (Å²) in [5, 5.41) is 3.21. The maximum Gasteiger partial charge on any atom is 0.257 e. The van der Waals surface area contributed by atoms with Crippen LogP contribution in [-0.4, -0.2) is 40.4 Å². The molecule has 4 rings (SSSR count). The largest absolute Gasteiger partial charge is 0.431 e. The third-order valence-electron chi connectivity index (χ3n) is 4.15. The van der Waals surface area contributed by atoms with Gasteiger partial charge in [0, 0.05) is 29.0 Å². The average molecular weight is 391 g/mol. The second-order valence-electron chi connectivity index (χ2n) is 5.78.